The number of H-pyrrole nitrogens is 1. The molecule has 9 nitrogen and oxygen atoms in total. The van der Waals surface area contributed by atoms with E-state index in [4.69, 9.17) is 24.5 Å². The first kappa shape index (κ1) is 22.3. The Hall–Kier alpha value is -2.91. The summed E-state index contributed by atoms with van der Waals surface area (Å²) in [6.07, 6.45) is 3.14. The number of fused-ring (bicyclic) bond motifs is 6. The molecule has 1 aromatic carbocycles. The first-order valence-electron chi connectivity index (χ1n) is 10.9. The van der Waals surface area contributed by atoms with Crippen LogP contribution in [-0.4, -0.2) is 69.4 Å². The highest BCUT2D eigenvalue weighted by Crippen LogP contribution is 2.49. The molecule has 1 saturated heterocycles. The second-order valence-electron chi connectivity index (χ2n) is 8.79. The van der Waals surface area contributed by atoms with Crippen LogP contribution in [0.1, 0.15) is 36.6 Å². The molecule has 32 heavy (non-hydrogen) atoms. The number of carboxylic acid groups (broad SMARTS) is 2. The molecule has 2 fully saturated rings. The van der Waals surface area contributed by atoms with Crippen molar-refractivity contribution in [2.24, 2.45) is 17.8 Å². The number of carbonyl (C=O) groups is 3. The molecule has 2 aliphatic heterocycles. The van der Waals surface area contributed by atoms with Crippen molar-refractivity contribution < 1.29 is 34.4 Å². The number of aromatic amines is 1. The third-order valence-corrected chi connectivity index (χ3v) is 7.20. The van der Waals surface area contributed by atoms with Crippen molar-refractivity contribution in [3.63, 3.8) is 0 Å². The zero-order chi connectivity index (χ0) is 23.0. The second kappa shape index (κ2) is 8.91. The number of piperidine rings is 1. The quantitative estimate of drug-likeness (QED) is 0.386. The van der Waals surface area contributed by atoms with Crippen molar-refractivity contribution in [1.29, 1.82) is 0 Å². The largest absolute Gasteiger partial charge is 0.473 e. The van der Waals surface area contributed by atoms with Gasteiger partial charge in [-0.05, 0) is 49.1 Å². The Morgan fingerprint density at radius 3 is 2.53 bits per heavy atom. The molecule has 0 spiro atoms. The molecule has 0 amide bonds. The third-order valence-electron chi connectivity index (χ3n) is 7.20. The van der Waals surface area contributed by atoms with Crippen molar-refractivity contribution in [2.75, 3.05) is 20.2 Å². The van der Waals surface area contributed by atoms with Crippen LogP contribution in [0, 0.1) is 17.8 Å². The van der Waals surface area contributed by atoms with Crippen LogP contribution in [0.2, 0.25) is 0 Å². The van der Waals surface area contributed by atoms with E-state index in [2.05, 4.69) is 34.1 Å². The first-order valence-corrected chi connectivity index (χ1v) is 10.9. The number of ether oxygens (including phenoxy) is 1. The van der Waals surface area contributed by atoms with Gasteiger partial charge in [-0.2, -0.15) is 0 Å². The van der Waals surface area contributed by atoms with Crippen molar-refractivity contribution in [2.45, 2.75) is 37.8 Å². The number of hydrogen-bond acceptors (Lipinski definition) is 6. The van der Waals surface area contributed by atoms with Gasteiger partial charge in [0, 0.05) is 29.7 Å². The third kappa shape index (κ3) is 3.98. The van der Waals surface area contributed by atoms with Crippen molar-refractivity contribution in [3.05, 3.63) is 35.5 Å². The van der Waals surface area contributed by atoms with Crippen molar-refractivity contribution in [3.8, 4) is 0 Å². The molecule has 9 heteroatoms. The molecule has 1 aromatic heterocycles. The van der Waals surface area contributed by atoms with Crippen LogP contribution in [0.4, 0.5) is 0 Å². The summed E-state index contributed by atoms with van der Waals surface area (Å²) < 4.78 is 5.04. The summed E-state index contributed by atoms with van der Waals surface area (Å²) in [7, 11) is 1.43. The minimum atomic E-state index is -1.82. The summed E-state index contributed by atoms with van der Waals surface area (Å²) in [5, 5.41) is 26.6. The number of nitrogens with one attached hydrogen (secondary N) is 1. The summed E-state index contributed by atoms with van der Waals surface area (Å²) in [6.45, 7) is 2.10. The Kier molecular flexibility index (Phi) is 6.21. The number of aliphatic hydroxyl groups excluding tert-OH is 1. The molecular weight excluding hydrogens is 416 g/mol. The molecule has 3 heterocycles. The van der Waals surface area contributed by atoms with Crippen LogP contribution in [0.3, 0.4) is 0 Å². The standard InChI is InChI=1S/C21H26N2O3.C2H2O4/c1-26-21(25)19-15-10-17-20-14(13-4-2-3-5-16(13)22-20)8-9-23(17)11-12(15)6-7-18(19)24;3-1(4)2(5)6/h2-5,12,15,17-19,22,24H,6-11H2,1H3;(H,3,4)(H,5,6). The molecule has 1 saturated carbocycles. The van der Waals surface area contributed by atoms with Gasteiger partial charge in [-0.1, -0.05) is 18.2 Å². The lowest BCUT2D eigenvalue weighted by Gasteiger charge is -2.50. The van der Waals surface area contributed by atoms with E-state index in [-0.39, 0.29) is 17.8 Å². The number of esters is 1. The van der Waals surface area contributed by atoms with E-state index < -0.39 is 18.0 Å². The lowest BCUT2D eigenvalue weighted by molar-refractivity contribution is -0.160. The number of aliphatic carboxylic acids is 2. The lowest BCUT2D eigenvalue weighted by Crippen LogP contribution is -2.53. The Labute approximate surface area is 185 Å². The summed E-state index contributed by atoms with van der Waals surface area (Å²) in [4.78, 5) is 36.8. The molecule has 0 bridgehead atoms. The highest BCUT2D eigenvalue weighted by atomic mass is 16.5. The fraction of sp³-hybridized carbons (Fsp3) is 0.522. The number of aromatic nitrogens is 1. The van der Waals surface area contributed by atoms with Crippen LogP contribution in [0.5, 0.6) is 0 Å². The van der Waals surface area contributed by atoms with Gasteiger partial charge in [-0.3, -0.25) is 9.69 Å². The number of benzene rings is 1. The SMILES string of the molecule is COC(=O)C1C(O)CCC2CN3CCc4c([nH]c5ccccc45)C3CC21.O=C(O)C(=O)O. The first-order chi connectivity index (χ1) is 15.3. The minimum absolute atomic E-state index is 0.199. The predicted octanol–water partition coefficient (Wildman–Crippen LogP) is 1.80. The van der Waals surface area contributed by atoms with Crippen molar-refractivity contribution >= 4 is 28.8 Å². The maximum atomic E-state index is 12.4. The smallest absolute Gasteiger partial charge is 0.414 e. The topological polar surface area (TPSA) is 140 Å². The van der Waals surface area contributed by atoms with E-state index in [0.717, 1.165) is 32.4 Å². The van der Waals surface area contributed by atoms with Crippen LogP contribution in [0.15, 0.2) is 24.3 Å². The molecule has 4 N–H and O–H groups in total. The van der Waals surface area contributed by atoms with E-state index in [1.807, 2.05) is 0 Å². The van der Waals surface area contributed by atoms with Gasteiger partial charge in [0.15, 0.2) is 0 Å². The average Bonchev–Trinajstić information content (AvgIpc) is 3.17. The van der Waals surface area contributed by atoms with Crippen LogP contribution in [0.25, 0.3) is 10.9 Å². The Bertz CT molecular complexity index is 1020. The monoisotopic (exact) mass is 444 g/mol. The van der Waals surface area contributed by atoms with Crippen LogP contribution < -0.4 is 0 Å². The zero-order valence-corrected chi connectivity index (χ0v) is 17.9. The maximum absolute atomic E-state index is 12.4. The minimum Gasteiger partial charge on any atom is -0.473 e. The Morgan fingerprint density at radius 2 is 1.84 bits per heavy atom. The average molecular weight is 444 g/mol. The number of rotatable bonds is 1. The summed E-state index contributed by atoms with van der Waals surface area (Å²) >= 11 is 0. The number of carbonyl (C=O) groups excluding carboxylic acids is 1. The Balaban J connectivity index is 0.000000363. The van der Waals surface area contributed by atoms with Gasteiger partial charge in [-0.15, -0.1) is 0 Å². The maximum Gasteiger partial charge on any atom is 0.414 e. The predicted molar refractivity (Wildman–Crippen MR) is 114 cm³/mol. The van der Waals surface area contributed by atoms with Gasteiger partial charge in [0.25, 0.3) is 0 Å². The number of hydrogen-bond donors (Lipinski definition) is 4. The summed E-state index contributed by atoms with van der Waals surface area (Å²) in [6, 6.07) is 8.83. The lowest BCUT2D eigenvalue weighted by atomic mass is 9.65. The van der Waals surface area contributed by atoms with E-state index in [1.165, 1.54) is 29.3 Å². The zero-order valence-electron chi connectivity index (χ0n) is 17.9. The highest BCUT2D eigenvalue weighted by Gasteiger charge is 2.49. The normalized spacial score (nSPS) is 29.0. The number of methoxy groups -OCH3 is 1. The molecular formula is C23H28N2O7. The van der Waals surface area contributed by atoms with Gasteiger partial charge in [0.05, 0.1) is 25.2 Å². The number of aliphatic hydroxyl groups is 1. The highest BCUT2D eigenvalue weighted by molar-refractivity contribution is 6.27. The fourth-order valence-electron chi connectivity index (χ4n) is 5.80. The van der Waals surface area contributed by atoms with Gasteiger partial charge < -0.3 is 25.0 Å². The van der Waals surface area contributed by atoms with E-state index in [0.29, 0.717) is 18.4 Å². The molecule has 0 radical (unpaired) electrons. The van der Waals surface area contributed by atoms with Crippen molar-refractivity contribution in [1.82, 2.24) is 9.88 Å². The molecule has 1 aliphatic carbocycles. The molecule has 172 valence electrons. The molecule has 5 atom stereocenters. The summed E-state index contributed by atoms with van der Waals surface area (Å²) in [5.41, 5.74) is 3.96. The van der Waals surface area contributed by atoms with Gasteiger partial charge >= 0.3 is 17.9 Å². The Morgan fingerprint density at radius 1 is 1.12 bits per heavy atom. The van der Waals surface area contributed by atoms with Crippen LogP contribution >= 0.6 is 0 Å². The van der Waals surface area contributed by atoms with Gasteiger partial charge in [-0.25, -0.2) is 9.59 Å². The summed E-state index contributed by atoms with van der Waals surface area (Å²) in [5.74, 6) is -3.59. The van der Waals surface area contributed by atoms with Gasteiger partial charge in [0.1, 0.15) is 0 Å². The second-order valence-corrected chi connectivity index (χ2v) is 8.79. The molecule has 5 unspecified atom stereocenters. The molecule has 3 aliphatic rings. The van der Waals surface area contributed by atoms with E-state index in [1.54, 1.807) is 0 Å². The van der Waals surface area contributed by atoms with Crippen LogP contribution in [-0.2, 0) is 25.5 Å². The number of para-hydroxylation sites is 1. The molecule has 5 rings (SSSR count). The number of carboxylic acids is 2. The van der Waals surface area contributed by atoms with Gasteiger partial charge in [0.2, 0.25) is 0 Å². The molecule has 2 aromatic rings. The number of nitrogens with zero attached hydrogens (tertiary/aromatic N) is 1. The fourth-order valence-corrected chi connectivity index (χ4v) is 5.80. The van der Waals surface area contributed by atoms with E-state index >= 15 is 0 Å². The van der Waals surface area contributed by atoms with E-state index in [9.17, 15) is 9.90 Å².